The maximum atomic E-state index is 5.26. The Hall–Kier alpha value is -1.18. The second-order valence-electron chi connectivity index (χ2n) is 4.17. The molecular formula is C13H19NO. The highest BCUT2D eigenvalue weighted by molar-refractivity contribution is 5.60. The van der Waals surface area contributed by atoms with E-state index in [1.807, 2.05) is 6.07 Å². The first-order valence-corrected chi connectivity index (χ1v) is 5.77. The molecule has 1 N–H and O–H groups in total. The van der Waals surface area contributed by atoms with Crippen LogP contribution < -0.4 is 10.1 Å². The van der Waals surface area contributed by atoms with Gasteiger partial charge in [-0.15, -0.1) is 0 Å². The lowest BCUT2D eigenvalue weighted by atomic mass is 9.95. The smallest absolute Gasteiger partial charge is 0.119 e. The third-order valence-corrected chi connectivity index (χ3v) is 3.14. The summed E-state index contributed by atoms with van der Waals surface area (Å²) >= 11 is 0. The number of fused-ring (bicyclic) bond motifs is 1. The van der Waals surface area contributed by atoms with Gasteiger partial charge in [0, 0.05) is 18.2 Å². The van der Waals surface area contributed by atoms with E-state index in [1.54, 1.807) is 7.11 Å². The van der Waals surface area contributed by atoms with E-state index in [0.717, 1.165) is 12.3 Å². The maximum Gasteiger partial charge on any atom is 0.119 e. The predicted octanol–water partition coefficient (Wildman–Crippen LogP) is 3.39. The maximum absolute atomic E-state index is 5.26. The number of hydrogen-bond donors (Lipinski definition) is 1. The van der Waals surface area contributed by atoms with Crippen LogP contribution in [0.3, 0.4) is 0 Å². The summed E-state index contributed by atoms with van der Waals surface area (Å²) in [4.78, 5) is 0. The average molecular weight is 205 g/mol. The highest BCUT2D eigenvalue weighted by atomic mass is 16.5. The average Bonchev–Trinajstić information content (AvgIpc) is 2.68. The molecule has 2 heteroatoms. The van der Waals surface area contributed by atoms with Gasteiger partial charge in [0.2, 0.25) is 0 Å². The zero-order valence-corrected chi connectivity index (χ0v) is 9.55. The van der Waals surface area contributed by atoms with Crippen LogP contribution in [-0.2, 0) is 0 Å². The largest absolute Gasteiger partial charge is 0.497 e. The van der Waals surface area contributed by atoms with Crippen LogP contribution in [0.5, 0.6) is 5.75 Å². The molecule has 1 aliphatic heterocycles. The Morgan fingerprint density at radius 1 is 1.47 bits per heavy atom. The van der Waals surface area contributed by atoms with Gasteiger partial charge in [0.25, 0.3) is 0 Å². The van der Waals surface area contributed by atoms with Crippen molar-refractivity contribution in [3.8, 4) is 5.75 Å². The summed E-state index contributed by atoms with van der Waals surface area (Å²) in [6.07, 6.45) is 3.86. The van der Waals surface area contributed by atoms with Gasteiger partial charge in [-0.25, -0.2) is 0 Å². The highest BCUT2D eigenvalue weighted by Crippen LogP contribution is 2.36. The second-order valence-corrected chi connectivity index (χ2v) is 4.17. The van der Waals surface area contributed by atoms with Gasteiger partial charge in [-0.2, -0.15) is 0 Å². The number of rotatable bonds is 4. The van der Waals surface area contributed by atoms with E-state index in [-0.39, 0.29) is 0 Å². The van der Waals surface area contributed by atoms with Crippen molar-refractivity contribution in [1.29, 1.82) is 0 Å². The minimum absolute atomic E-state index is 0.676. The first-order valence-electron chi connectivity index (χ1n) is 5.77. The standard InChI is InChI=1S/C13H19NO/c1-3-4-5-10-9-14-13-7-6-11(15-2)8-12(10)13/h6-8,10,14H,3-5,9H2,1-2H3. The summed E-state index contributed by atoms with van der Waals surface area (Å²) in [5.74, 6) is 1.65. The van der Waals surface area contributed by atoms with E-state index in [9.17, 15) is 0 Å². The van der Waals surface area contributed by atoms with E-state index in [4.69, 9.17) is 4.74 Å². The Labute approximate surface area is 91.6 Å². The van der Waals surface area contributed by atoms with Gasteiger partial charge in [0.05, 0.1) is 7.11 Å². The minimum atomic E-state index is 0.676. The van der Waals surface area contributed by atoms with E-state index < -0.39 is 0 Å². The van der Waals surface area contributed by atoms with E-state index >= 15 is 0 Å². The van der Waals surface area contributed by atoms with Gasteiger partial charge in [-0.1, -0.05) is 19.8 Å². The van der Waals surface area contributed by atoms with Crippen LogP contribution in [0.1, 0.15) is 37.7 Å². The summed E-state index contributed by atoms with van der Waals surface area (Å²) in [6, 6.07) is 6.32. The van der Waals surface area contributed by atoms with Crippen LogP contribution in [0, 0.1) is 0 Å². The van der Waals surface area contributed by atoms with Gasteiger partial charge in [0.15, 0.2) is 0 Å². The van der Waals surface area contributed by atoms with Gasteiger partial charge in [-0.05, 0) is 30.2 Å². The van der Waals surface area contributed by atoms with Crippen molar-refractivity contribution in [2.45, 2.75) is 32.1 Å². The first kappa shape index (κ1) is 10.3. The van der Waals surface area contributed by atoms with Crippen LogP contribution in [0.15, 0.2) is 18.2 Å². The van der Waals surface area contributed by atoms with Gasteiger partial charge in [-0.3, -0.25) is 0 Å². The van der Waals surface area contributed by atoms with Gasteiger partial charge >= 0.3 is 0 Å². The lowest BCUT2D eigenvalue weighted by molar-refractivity contribution is 0.414. The number of anilines is 1. The molecule has 1 aromatic rings. The highest BCUT2D eigenvalue weighted by Gasteiger charge is 2.21. The van der Waals surface area contributed by atoms with E-state index in [1.165, 1.54) is 30.5 Å². The topological polar surface area (TPSA) is 21.3 Å². The Kier molecular flexibility index (Phi) is 3.14. The molecule has 0 aromatic heterocycles. The van der Waals surface area contributed by atoms with Crippen molar-refractivity contribution in [3.63, 3.8) is 0 Å². The fourth-order valence-corrected chi connectivity index (χ4v) is 2.22. The summed E-state index contributed by atoms with van der Waals surface area (Å²) in [6.45, 7) is 3.33. The van der Waals surface area contributed by atoms with Crippen molar-refractivity contribution < 1.29 is 4.74 Å². The Morgan fingerprint density at radius 3 is 3.07 bits per heavy atom. The lowest BCUT2D eigenvalue weighted by Gasteiger charge is -2.10. The number of methoxy groups -OCH3 is 1. The zero-order chi connectivity index (χ0) is 10.7. The van der Waals surface area contributed by atoms with E-state index in [2.05, 4.69) is 24.4 Å². The molecule has 0 spiro atoms. The third-order valence-electron chi connectivity index (χ3n) is 3.14. The fourth-order valence-electron chi connectivity index (χ4n) is 2.22. The molecule has 2 rings (SSSR count). The second kappa shape index (κ2) is 4.56. The van der Waals surface area contributed by atoms with Crippen LogP contribution >= 0.6 is 0 Å². The molecule has 0 saturated carbocycles. The fraction of sp³-hybridized carbons (Fsp3) is 0.538. The van der Waals surface area contributed by atoms with Crippen LogP contribution in [0.4, 0.5) is 5.69 Å². The number of benzene rings is 1. The molecule has 1 heterocycles. The van der Waals surface area contributed by atoms with Crippen LogP contribution in [0.2, 0.25) is 0 Å². The normalized spacial score (nSPS) is 18.4. The van der Waals surface area contributed by atoms with Crippen molar-refractivity contribution in [3.05, 3.63) is 23.8 Å². The molecule has 1 unspecified atom stereocenters. The number of unbranched alkanes of at least 4 members (excludes halogenated alkanes) is 1. The summed E-state index contributed by atoms with van der Waals surface area (Å²) in [5.41, 5.74) is 2.72. The molecule has 1 aliphatic rings. The first-order chi connectivity index (χ1) is 7.35. The zero-order valence-electron chi connectivity index (χ0n) is 9.55. The van der Waals surface area contributed by atoms with Crippen molar-refractivity contribution in [2.75, 3.05) is 19.0 Å². The van der Waals surface area contributed by atoms with Crippen molar-refractivity contribution in [1.82, 2.24) is 0 Å². The Bertz CT molecular complexity index is 335. The SMILES string of the molecule is CCCCC1CNc2ccc(OC)cc21. The molecule has 15 heavy (non-hydrogen) atoms. The van der Waals surface area contributed by atoms with Gasteiger partial charge < -0.3 is 10.1 Å². The number of ether oxygens (including phenoxy) is 1. The Balaban J connectivity index is 2.16. The van der Waals surface area contributed by atoms with Crippen molar-refractivity contribution >= 4 is 5.69 Å². The molecule has 0 radical (unpaired) electrons. The van der Waals surface area contributed by atoms with Crippen LogP contribution in [-0.4, -0.2) is 13.7 Å². The summed E-state index contributed by atoms with van der Waals surface area (Å²) < 4.78 is 5.26. The molecule has 0 saturated heterocycles. The lowest BCUT2D eigenvalue weighted by Crippen LogP contribution is -2.01. The molecule has 1 atom stereocenters. The van der Waals surface area contributed by atoms with Crippen LogP contribution in [0.25, 0.3) is 0 Å². The van der Waals surface area contributed by atoms with Gasteiger partial charge in [0.1, 0.15) is 5.75 Å². The predicted molar refractivity (Wildman–Crippen MR) is 63.7 cm³/mol. The quantitative estimate of drug-likeness (QED) is 0.813. The van der Waals surface area contributed by atoms with Crippen molar-refractivity contribution in [2.24, 2.45) is 0 Å². The summed E-state index contributed by atoms with van der Waals surface area (Å²) in [5, 5.41) is 3.45. The molecular weight excluding hydrogens is 186 g/mol. The molecule has 1 aromatic carbocycles. The monoisotopic (exact) mass is 205 g/mol. The Morgan fingerprint density at radius 2 is 2.33 bits per heavy atom. The molecule has 0 amide bonds. The molecule has 82 valence electrons. The molecule has 2 nitrogen and oxygen atoms in total. The third kappa shape index (κ3) is 2.09. The molecule has 0 aliphatic carbocycles. The molecule has 0 bridgehead atoms. The number of nitrogens with one attached hydrogen (secondary N) is 1. The minimum Gasteiger partial charge on any atom is -0.497 e. The van der Waals surface area contributed by atoms with E-state index in [0.29, 0.717) is 5.92 Å². The summed E-state index contributed by atoms with van der Waals surface area (Å²) in [7, 11) is 1.73. The number of hydrogen-bond acceptors (Lipinski definition) is 2. The molecule has 0 fully saturated rings.